The molecule has 3 rings (SSSR count). The Morgan fingerprint density at radius 2 is 1.75 bits per heavy atom. The molecule has 168 valence electrons. The molecule has 1 atom stereocenters. The van der Waals surface area contributed by atoms with Crippen molar-refractivity contribution < 1.29 is 9.18 Å². The average Bonchev–Trinajstić information content (AvgIpc) is 2.73. The Morgan fingerprint density at radius 3 is 2.31 bits per heavy atom. The van der Waals surface area contributed by atoms with E-state index in [1.165, 1.54) is 30.6 Å². The molecule has 8 heteroatoms. The molecule has 3 aromatic rings. The molecule has 0 bridgehead atoms. The minimum atomic E-state index is -0.528. The molecular formula is C24H28FN5O2. The highest BCUT2D eigenvalue weighted by atomic mass is 19.1. The van der Waals surface area contributed by atoms with Crippen molar-refractivity contribution in [2.45, 2.75) is 58.4 Å². The summed E-state index contributed by atoms with van der Waals surface area (Å²) in [5.41, 5.74) is 1.05. The second-order valence-corrected chi connectivity index (χ2v) is 9.10. The highest BCUT2D eigenvalue weighted by molar-refractivity contribution is 5.93. The fourth-order valence-electron chi connectivity index (χ4n) is 3.14. The number of nitrogens with one attached hydrogen (secondary N) is 2. The largest absolute Gasteiger partial charge is 0.345 e. The number of nitrogens with zero attached hydrogens (tertiary/aromatic N) is 3. The Bertz CT molecular complexity index is 1130. The maximum atomic E-state index is 13.5. The summed E-state index contributed by atoms with van der Waals surface area (Å²) in [6.07, 6.45) is 3.25. The highest BCUT2D eigenvalue weighted by Crippen LogP contribution is 2.20. The molecule has 0 saturated carbocycles. The van der Waals surface area contributed by atoms with Gasteiger partial charge in [-0.1, -0.05) is 46.8 Å². The third kappa shape index (κ3) is 5.84. The van der Waals surface area contributed by atoms with Gasteiger partial charge in [0.1, 0.15) is 17.5 Å². The number of hydrogen-bond acceptors (Lipinski definition) is 5. The summed E-state index contributed by atoms with van der Waals surface area (Å²) in [6.45, 7) is 9.84. The lowest BCUT2D eigenvalue weighted by atomic mass is 9.96. The first-order chi connectivity index (χ1) is 15.0. The van der Waals surface area contributed by atoms with Gasteiger partial charge in [0.15, 0.2) is 0 Å². The number of carbonyl (C=O) groups excluding carboxylic acids is 1. The van der Waals surface area contributed by atoms with Crippen LogP contribution in [0.3, 0.4) is 0 Å². The number of benzene rings is 1. The van der Waals surface area contributed by atoms with Crippen molar-refractivity contribution in [2.24, 2.45) is 0 Å². The van der Waals surface area contributed by atoms with Gasteiger partial charge in [0.05, 0.1) is 17.3 Å². The van der Waals surface area contributed by atoms with Crippen LogP contribution in [-0.2, 0) is 11.8 Å². The molecular weight excluding hydrogens is 409 g/mol. The van der Waals surface area contributed by atoms with E-state index in [2.05, 4.69) is 25.3 Å². The molecule has 32 heavy (non-hydrogen) atoms. The van der Waals surface area contributed by atoms with Gasteiger partial charge in [-0.2, -0.15) is 0 Å². The Labute approximate surface area is 186 Å². The van der Waals surface area contributed by atoms with Crippen molar-refractivity contribution in [2.75, 3.05) is 0 Å². The number of aromatic amines is 1. The molecule has 0 radical (unpaired) electrons. The van der Waals surface area contributed by atoms with Crippen LogP contribution in [-0.4, -0.2) is 25.8 Å². The van der Waals surface area contributed by atoms with E-state index in [-0.39, 0.29) is 35.0 Å². The molecule has 1 amide bonds. The summed E-state index contributed by atoms with van der Waals surface area (Å²) in [4.78, 5) is 40.9. The molecule has 7 nitrogen and oxygen atoms in total. The van der Waals surface area contributed by atoms with E-state index in [0.717, 1.165) is 0 Å². The molecule has 0 aliphatic rings. The zero-order valence-electron chi connectivity index (χ0n) is 18.9. The second-order valence-electron chi connectivity index (χ2n) is 9.10. The first-order valence-corrected chi connectivity index (χ1v) is 10.5. The number of amides is 1. The van der Waals surface area contributed by atoms with Gasteiger partial charge in [-0.25, -0.2) is 19.3 Å². The number of carbonyl (C=O) groups is 1. The maximum Gasteiger partial charge on any atom is 0.254 e. The van der Waals surface area contributed by atoms with Gasteiger partial charge in [-0.15, -0.1) is 0 Å². The normalized spacial score (nSPS) is 12.6. The van der Waals surface area contributed by atoms with Gasteiger partial charge in [0, 0.05) is 36.2 Å². The molecule has 2 heterocycles. The van der Waals surface area contributed by atoms with E-state index < -0.39 is 6.04 Å². The lowest BCUT2D eigenvalue weighted by molar-refractivity contribution is 0.0935. The predicted octanol–water partition coefficient (Wildman–Crippen LogP) is 3.83. The summed E-state index contributed by atoms with van der Waals surface area (Å²) in [5, 5.41) is 2.95. The van der Waals surface area contributed by atoms with Crippen molar-refractivity contribution in [1.29, 1.82) is 0 Å². The molecule has 1 aromatic carbocycles. The standard InChI is InChI=1S/C24H28FN5O2/c1-14(2)21-28-18(11-20(31)30-21)10-19(15-6-8-17(25)9-7-15)29-22(32)16-12-26-23(27-13-16)24(3,4)5/h6-9,11-14,19H,10H2,1-5H3,(H,29,32)(H,28,30,31)/t19-/m1/s1. The zero-order chi connectivity index (χ0) is 23.5. The predicted molar refractivity (Wildman–Crippen MR) is 120 cm³/mol. The van der Waals surface area contributed by atoms with Gasteiger partial charge in [0.2, 0.25) is 0 Å². The molecule has 0 spiro atoms. The Hall–Kier alpha value is -3.42. The third-order valence-electron chi connectivity index (χ3n) is 4.94. The summed E-state index contributed by atoms with van der Waals surface area (Å²) in [7, 11) is 0. The van der Waals surface area contributed by atoms with Gasteiger partial charge >= 0.3 is 0 Å². The van der Waals surface area contributed by atoms with Crippen LogP contribution < -0.4 is 10.9 Å². The van der Waals surface area contributed by atoms with Crippen molar-refractivity contribution in [3.05, 3.63) is 87.4 Å². The van der Waals surface area contributed by atoms with Crippen LogP contribution in [0, 0.1) is 5.82 Å². The van der Waals surface area contributed by atoms with E-state index >= 15 is 0 Å². The number of halogens is 1. The second kappa shape index (κ2) is 9.38. The topological polar surface area (TPSA) is 101 Å². The molecule has 2 aromatic heterocycles. The minimum Gasteiger partial charge on any atom is -0.345 e. The average molecular weight is 438 g/mol. The fourth-order valence-corrected chi connectivity index (χ4v) is 3.14. The van der Waals surface area contributed by atoms with E-state index in [1.807, 2.05) is 34.6 Å². The number of aromatic nitrogens is 4. The van der Waals surface area contributed by atoms with Crippen LogP contribution >= 0.6 is 0 Å². The summed E-state index contributed by atoms with van der Waals surface area (Å²) < 4.78 is 13.5. The van der Waals surface area contributed by atoms with Crippen LogP contribution in [0.15, 0.2) is 47.5 Å². The fraction of sp³-hybridized carbons (Fsp3) is 0.375. The molecule has 0 saturated heterocycles. The number of hydrogen-bond donors (Lipinski definition) is 2. The molecule has 0 aliphatic carbocycles. The SMILES string of the molecule is CC(C)c1nc(C[C@@H](NC(=O)c2cnc(C(C)(C)C)nc2)c2ccc(F)cc2)cc(=O)[nH]1. The van der Waals surface area contributed by atoms with Crippen LogP contribution in [0.4, 0.5) is 4.39 Å². The van der Waals surface area contributed by atoms with Crippen LogP contribution in [0.5, 0.6) is 0 Å². The minimum absolute atomic E-state index is 0.0417. The summed E-state index contributed by atoms with van der Waals surface area (Å²) >= 11 is 0. The smallest absolute Gasteiger partial charge is 0.254 e. The van der Waals surface area contributed by atoms with E-state index in [1.54, 1.807) is 12.1 Å². The Balaban J connectivity index is 1.89. The van der Waals surface area contributed by atoms with E-state index in [4.69, 9.17) is 0 Å². The van der Waals surface area contributed by atoms with Crippen molar-refractivity contribution in [3.8, 4) is 0 Å². The van der Waals surface area contributed by atoms with E-state index in [9.17, 15) is 14.0 Å². The first kappa shape index (κ1) is 23.2. The highest BCUT2D eigenvalue weighted by Gasteiger charge is 2.21. The molecule has 0 aliphatic heterocycles. The Morgan fingerprint density at radius 1 is 1.12 bits per heavy atom. The van der Waals surface area contributed by atoms with Crippen molar-refractivity contribution >= 4 is 5.91 Å². The summed E-state index contributed by atoms with van der Waals surface area (Å²) in [6, 6.07) is 6.77. The number of rotatable bonds is 6. The first-order valence-electron chi connectivity index (χ1n) is 10.5. The van der Waals surface area contributed by atoms with Gasteiger partial charge in [0.25, 0.3) is 11.5 Å². The summed E-state index contributed by atoms with van der Waals surface area (Å²) in [5.74, 6) is 0.510. The van der Waals surface area contributed by atoms with Gasteiger partial charge < -0.3 is 10.3 Å². The number of H-pyrrole nitrogens is 1. The maximum absolute atomic E-state index is 13.5. The Kier molecular flexibility index (Phi) is 6.81. The molecule has 0 fully saturated rings. The third-order valence-corrected chi connectivity index (χ3v) is 4.94. The zero-order valence-corrected chi connectivity index (χ0v) is 18.9. The quantitative estimate of drug-likeness (QED) is 0.610. The lowest BCUT2D eigenvalue weighted by Gasteiger charge is -2.20. The van der Waals surface area contributed by atoms with Crippen LogP contribution in [0.25, 0.3) is 0 Å². The monoisotopic (exact) mass is 437 g/mol. The van der Waals surface area contributed by atoms with E-state index in [0.29, 0.717) is 28.5 Å². The van der Waals surface area contributed by atoms with Gasteiger partial charge in [-0.05, 0) is 17.7 Å². The lowest BCUT2D eigenvalue weighted by Crippen LogP contribution is -2.31. The molecule has 2 N–H and O–H groups in total. The van der Waals surface area contributed by atoms with Gasteiger partial charge in [-0.3, -0.25) is 9.59 Å². The van der Waals surface area contributed by atoms with Crippen LogP contribution in [0.1, 0.15) is 79.8 Å². The van der Waals surface area contributed by atoms with Crippen molar-refractivity contribution in [3.63, 3.8) is 0 Å². The molecule has 0 unspecified atom stereocenters. The van der Waals surface area contributed by atoms with Crippen molar-refractivity contribution in [1.82, 2.24) is 25.3 Å². The van der Waals surface area contributed by atoms with Crippen LogP contribution in [0.2, 0.25) is 0 Å².